The summed E-state index contributed by atoms with van der Waals surface area (Å²) in [7, 11) is 1.51. The Kier molecular flexibility index (Phi) is 3.80. The summed E-state index contributed by atoms with van der Waals surface area (Å²) in [4.78, 5) is 28.3. The smallest absolute Gasteiger partial charge is 0.337 e. The van der Waals surface area contributed by atoms with Gasteiger partial charge in [0.05, 0.1) is 12.7 Å². The van der Waals surface area contributed by atoms with Crippen molar-refractivity contribution in [1.82, 2.24) is 4.98 Å². The molecule has 0 atom stereocenters. The summed E-state index contributed by atoms with van der Waals surface area (Å²) in [5.74, 6) is 0.526. The van der Waals surface area contributed by atoms with Gasteiger partial charge in [0.1, 0.15) is 17.2 Å². The van der Waals surface area contributed by atoms with Gasteiger partial charge in [-0.25, -0.2) is 9.78 Å². The number of methoxy groups -OCH3 is 1. The van der Waals surface area contributed by atoms with Crippen LogP contribution in [0.5, 0.6) is 5.75 Å². The normalized spacial score (nSPS) is 10.5. The van der Waals surface area contributed by atoms with Crippen LogP contribution in [0.4, 0.5) is 5.82 Å². The summed E-state index contributed by atoms with van der Waals surface area (Å²) in [6.07, 6.45) is 1.65. The molecular weight excluding hydrogens is 296 g/mol. The summed E-state index contributed by atoms with van der Waals surface area (Å²) >= 11 is 0. The summed E-state index contributed by atoms with van der Waals surface area (Å²) < 4.78 is 10.2. The van der Waals surface area contributed by atoms with Gasteiger partial charge < -0.3 is 14.5 Å². The zero-order valence-electron chi connectivity index (χ0n) is 12.6. The second kappa shape index (κ2) is 5.92. The number of ether oxygens (including phenoxy) is 1. The van der Waals surface area contributed by atoms with Gasteiger partial charge >= 0.3 is 5.63 Å². The molecule has 1 amide bonds. The van der Waals surface area contributed by atoms with E-state index in [1.165, 1.54) is 13.2 Å². The van der Waals surface area contributed by atoms with Gasteiger partial charge in [0, 0.05) is 23.7 Å². The molecule has 0 spiro atoms. The van der Waals surface area contributed by atoms with Gasteiger partial charge in [-0.3, -0.25) is 4.79 Å². The van der Waals surface area contributed by atoms with E-state index in [-0.39, 0.29) is 5.56 Å². The SMILES string of the molecule is COc1ccc2c(C(=O)Nc3ccc(C)cn3)cc(=O)oc2c1. The van der Waals surface area contributed by atoms with Crippen LogP contribution < -0.4 is 15.7 Å². The van der Waals surface area contributed by atoms with Gasteiger partial charge in [0.2, 0.25) is 0 Å². The fourth-order valence-corrected chi connectivity index (χ4v) is 2.18. The molecule has 1 aromatic carbocycles. The van der Waals surface area contributed by atoms with Gasteiger partial charge in [-0.2, -0.15) is 0 Å². The summed E-state index contributed by atoms with van der Waals surface area (Å²) in [6, 6.07) is 9.64. The van der Waals surface area contributed by atoms with E-state index in [2.05, 4.69) is 10.3 Å². The molecule has 3 rings (SSSR count). The van der Waals surface area contributed by atoms with Crippen LogP contribution >= 0.6 is 0 Å². The van der Waals surface area contributed by atoms with Crippen LogP contribution in [0.15, 0.2) is 51.8 Å². The van der Waals surface area contributed by atoms with Crippen LogP contribution in [-0.4, -0.2) is 18.0 Å². The largest absolute Gasteiger partial charge is 0.497 e. The minimum Gasteiger partial charge on any atom is -0.497 e. The Balaban J connectivity index is 2.02. The van der Waals surface area contributed by atoms with Gasteiger partial charge in [-0.05, 0) is 30.7 Å². The molecule has 1 N–H and O–H groups in total. The average molecular weight is 310 g/mol. The van der Waals surface area contributed by atoms with Crippen LogP contribution in [0.25, 0.3) is 11.0 Å². The lowest BCUT2D eigenvalue weighted by Crippen LogP contribution is -2.16. The molecule has 0 bridgehead atoms. The first-order valence-corrected chi connectivity index (χ1v) is 6.93. The van der Waals surface area contributed by atoms with Crippen LogP contribution in [0, 0.1) is 6.92 Å². The van der Waals surface area contributed by atoms with Crippen LogP contribution in [0.1, 0.15) is 15.9 Å². The number of rotatable bonds is 3. The Morgan fingerprint density at radius 3 is 2.74 bits per heavy atom. The van der Waals surface area contributed by atoms with E-state index >= 15 is 0 Å². The number of hydrogen-bond acceptors (Lipinski definition) is 5. The number of carbonyl (C=O) groups excluding carboxylic acids is 1. The third-order valence-corrected chi connectivity index (χ3v) is 3.35. The third kappa shape index (κ3) is 3.06. The number of aromatic nitrogens is 1. The van der Waals surface area contributed by atoms with Crippen molar-refractivity contribution < 1.29 is 13.9 Å². The Labute approximate surface area is 131 Å². The topological polar surface area (TPSA) is 81.4 Å². The zero-order chi connectivity index (χ0) is 16.4. The van der Waals surface area contributed by atoms with Gasteiger partial charge in [0.15, 0.2) is 0 Å². The lowest BCUT2D eigenvalue weighted by atomic mass is 10.1. The lowest BCUT2D eigenvalue weighted by molar-refractivity contribution is 0.102. The monoisotopic (exact) mass is 310 g/mol. The first-order valence-electron chi connectivity index (χ1n) is 6.93. The van der Waals surface area contributed by atoms with Crippen molar-refractivity contribution >= 4 is 22.7 Å². The average Bonchev–Trinajstić information content (AvgIpc) is 2.55. The fourth-order valence-electron chi connectivity index (χ4n) is 2.18. The van der Waals surface area contributed by atoms with Crippen molar-refractivity contribution in [2.75, 3.05) is 12.4 Å². The number of nitrogens with zero attached hydrogens (tertiary/aromatic N) is 1. The predicted molar refractivity (Wildman–Crippen MR) is 86.0 cm³/mol. The quantitative estimate of drug-likeness (QED) is 0.752. The van der Waals surface area contributed by atoms with Gasteiger partial charge in [0.25, 0.3) is 5.91 Å². The van der Waals surface area contributed by atoms with E-state index in [0.29, 0.717) is 22.5 Å². The minimum absolute atomic E-state index is 0.223. The molecule has 2 heterocycles. The Morgan fingerprint density at radius 1 is 1.22 bits per heavy atom. The number of carbonyl (C=O) groups is 1. The van der Waals surface area contributed by atoms with Crippen molar-refractivity contribution in [2.24, 2.45) is 0 Å². The van der Waals surface area contributed by atoms with Gasteiger partial charge in [-0.1, -0.05) is 6.07 Å². The zero-order valence-corrected chi connectivity index (χ0v) is 12.6. The highest BCUT2D eigenvalue weighted by Gasteiger charge is 2.14. The van der Waals surface area contributed by atoms with Crippen molar-refractivity contribution in [3.8, 4) is 5.75 Å². The van der Waals surface area contributed by atoms with E-state index in [9.17, 15) is 9.59 Å². The number of fused-ring (bicyclic) bond motifs is 1. The van der Waals surface area contributed by atoms with Crippen molar-refractivity contribution in [3.05, 3.63) is 64.1 Å². The molecule has 0 fully saturated rings. The fraction of sp³-hybridized carbons (Fsp3) is 0.118. The Hall–Kier alpha value is -3.15. The van der Waals surface area contributed by atoms with E-state index in [1.807, 2.05) is 13.0 Å². The van der Waals surface area contributed by atoms with E-state index in [1.54, 1.807) is 30.5 Å². The van der Waals surface area contributed by atoms with Crippen LogP contribution in [-0.2, 0) is 0 Å². The number of benzene rings is 1. The van der Waals surface area contributed by atoms with Gasteiger partial charge in [-0.15, -0.1) is 0 Å². The molecule has 2 aromatic heterocycles. The van der Waals surface area contributed by atoms with Crippen molar-refractivity contribution in [1.29, 1.82) is 0 Å². The summed E-state index contributed by atoms with van der Waals surface area (Å²) in [5.41, 5.74) is 0.897. The first-order chi connectivity index (χ1) is 11.1. The molecule has 0 saturated heterocycles. The number of anilines is 1. The maximum absolute atomic E-state index is 12.5. The van der Waals surface area contributed by atoms with Crippen LogP contribution in [0.2, 0.25) is 0 Å². The molecule has 0 saturated carbocycles. The second-order valence-corrected chi connectivity index (χ2v) is 5.02. The molecule has 0 aliphatic heterocycles. The highest BCUT2D eigenvalue weighted by Crippen LogP contribution is 2.23. The number of hydrogen-bond donors (Lipinski definition) is 1. The summed E-state index contributed by atoms with van der Waals surface area (Å²) in [5, 5.41) is 3.19. The third-order valence-electron chi connectivity index (χ3n) is 3.35. The molecule has 3 aromatic rings. The Morgan fingerprint density at radius 2 is 2.04 bits per heavy atom. The number of amides is 1. The lowest BCUT2D eigenvalue weighted by Gasteiger charge is -2.08. The maximum atomic E-state index is 12.5. The summed E-state index contributed by atoms with van der Waals surface area (Å²) in [6.45, 7) is 1.90. The van der Waals surface area contributed by atoms with E-state index in [0.717, 1.165) is 5.56 Å². The predicted octanol–water partition coefficient (Wildman–Crippen LogP) is 2.76. The molecule has 0 unspecified atom stereocenters. The standard InChI is InChI=1S/C17H14N2O4/c1-10-3-6-15(18-9-10)19-17(21)13-8-16(20)23-14-7-11(22-2)4-5-12(13)14/h3-9H,1-2H3,(H,18,19,21). The van der Waals surface area contributed by atoms with Crippen LogP contribution in [0.3, 0.4) is 0 Å². The van der Waals surface area contributed by atoms with E-state index in [4.69, 9.17) is 9.15 Å². The number of aryl methyl sites for hydroxylation is 1. The second-order valence-electron chi connectivity index (χ2n) is 5.02. The molecule has 0 aliphatic rings. The molecule has 0 radical (unpaired) electrons. The molecule has 0 aliphatic carbocycles. The van der Waals surface area contributed by atoms with E-state index < -0.39 is 11.5 Å². The molecule has 23 heavy (non-hydrogen) atoms. The van der Waals surface area contributed by atoms with Crippen molar-refractivity contribution in [2.45, 2.75) is 6.92 Å². The molecular formula is C17H14N2O4. The maximum Gasteiger partial charge on any atom is 0.337 e. The first kappa shape index (κ1) is 14.8. The molecule has 116 valence electrons. The highest BCUT2D eigenvalue weighted by molar-refractivity contribution is 6.11. The molecule has 6 nitrogen and oxygen atoms in total. The Bertz CT molecular complexity index is 929. The van der Waals surface area contributed by atoms with Crippen molar-refractivity contribution in [3.63, 3.8) is 0 Å². The molecule has 6 heteroatoms. The minimum atomic E-state index is -0.604. The number of nitrogens with one attached hydrogen (secondary N) is 1. The highest BCUT2D eigenvalue weighted by atomic mass is 16.5. The number of pyridine rings is 1.